The average Bonchev–Trinajstić information content (AvgIpc) is 1.64. The number of fused-ring (bicyclic) bond motifs is 10. The lowest BCUT2D eigenvalue weighted by Gasteiger charge is -2.28. The van der Waals surface area contributed by atoms with Crippen LogP contribution in [-0.2, 0) is 41.6 Å². The Hall–Kier alpha value is -10.3. The first-order chi connectivity index (χ1) is 64.9. The molecule has 1 aliphatic carbocycles. The van der Waals surface area contributed by atoms with E-state index in [0.29, 0.717) is 212 Å². The van der Waals surface area contributed by atoms with E-state index in [9.17, 15) is 4.79 Å². The summed E-state index contributed by atoms with van der Waals surface area (Å²) in [5.41, 5.74) is 45.4. The van der Waals surface area contributed by atoms with E-state index in [1.165, 1.54) is 64.6 Å². The fourth-order valence-corrected chi connectivity index (χ4v) is 24.6. The van der Waals surface area contributed by atoms with Gasteiger partial charge in [-0.25, -0.2) is 49.8 Å². The third-order valence-corrected chi connectivity index (χ3v) is 31.3. The van der Waals surface area contributed by atoms with Crippen LogP contribution < -0.4 is 73.6 Å². The first-order valence-electron chi connectivity index (χ1n) is 41.9. The van der Waals surface area contributed by atoms with Gasteiger partial charge in [0.25, 0.3) is 5.91 Å². The smallest absolute Gasteiger partial charge is 0.261 e. The van der Waals surface area contributed by atoms with Crippen LogP contribution >= 0.6 is 173 Å². The van der Waals surface area contributed by atoms with Crippen molar-refractivity contribution >= 4 is 282 Å². The number of hydrogen-bond acceptors (Lipinski definition) is 32. The van der Waals surface area contributed by atoms with E-state index >= 15 is 0 Å². The van der Waals surface area contributed by atoms with Gasteiger partial charge in [-0.05, 0) is 79.9 Å². The Labute approximate surface area is 842 Å². The molecule has 43 heteroatoms. The van der Waals surface area contributed by atoms with E-state index < -0.39 is 0 Å². The van der Waals surface area contributed by atoms with Crippen LogP contribution in [-0.4, -0.2) is 160 Å². The molecule has 1 amide bonds. The maximum absolute atomic E-state index is 12.4. The number of ether oxygens (including phenoxy) is 7. The molecule has 135 heavy (non-hydrogen) atoms. The van der Waals surface area contributed by atoms with Crippen LogP contribution in [0.5, 0.6) is 28.7 Å². The molecule has 5 aromatic carbocycles. The number of methoxy groups -OCH3 is 1. The number of benzene rings is 5. The second-order valence-corrected chi connectivity index (χ2v) is 41.1. The van der Waals surface area contributed by atoms with Crippen LogP contribution in [0.2, 0.25) is 50.2 Å². The monoisotopic (exact) mass is 2100 g/mol. The molecule has 28 nitrogen and oxygen atoms in total. The topological polar surface area (TPSA) is 392 Å². The number of nitrogens with two attached hydrogens (primary N) is 5. The fraction of sp³-hybridized carbons (Fsp3) is 0.250. The second kappa shape index (κ2) is 39.7. The Morgan fingerprint density at radius 3 is 0.941 bits per heavy atom. The summed E-state index contributed by atoms with van der Waals surface area (Å²) in [4.78, 5) is 67.0. The summed E-state index contributed by atoms with van der Waals surface area (Å²) in [7, 11) is 7.31. The van der Waals surface area contributed by atoms with E-state index in [1.807, 2.05) is 44.2 Å². The second-order valence-electron chi connectivity index (χ2n) is 31.8. The summed E-state index contributed by atoms with van der Waals surface area (Å²) in [6, 6.07) is 19.1. The minimum absolute atomic E-state index is 0.106. The molecular weight excluding hydrogens is 2030 g/mol. The number of nitrogens with one attached hydrogen (secondary N) is 4. The zero-order valence-electron chi connectivity index (χ0n) is 72.2. The van der Waals surface area contributed by atoms with E-state index in [0.717, 1.165) is 152 Å². The van der Waals surface area contributed by atoms with Crippen molar-refractivity contribution in [1.29, 1.82) is 0 Å². The molecule has 14 N–H and O–H groups in total. The summed E-state index contributed by atoms with van der Waals surface area (Å²) in [6.07, 6.45) is 7.18. The van der Waals surface area contributed by atoms with Crippen molar-refractivity contribution in [3.8, 4) is 85.0 Å². The molecule has 0 radical (unpaired) electrons. The van der Waals surface area contributed by atoms with Crippen LogP contribution in [0.3, 0.4) is 0 Å². The van der Waals surface area contributed by atoms with Crippen molar-refractivity contribution < 1.29 is 38.0 Å². The molecule has 2 fully saturated rings. The SMILES string of the molecule is C=C(NC)c1cc2c(-c3c(Cl)cc(Cl)c4c3CCO4)nc(N)nc2s1.C=C(NC1CCC1)c1cc2c(-c3c(Cl)cc(Cl)c4c3CCO4)nc(N)nc2s1.C=C(NC1COC1)c1cc2c(-c3c(Cl)cc(Cl)c4c3CCO4)nc(N)nc2s1.C=C(c1cc2c(-c3c(Cl)cc(Cl)c4c3CCO4)nc(N)nc2s1)N(C)C.COCCNC(=O)c1cc2c(-c3c(Cl)cc(Cl)c4c3CCO4)nc(N)nc2s1. The highest BCUT2D eigenvalue weighted by Gasteiger charge is 2.35. The maximum atomic E-state index is 12.4. The molecule has 0 bridgehead atoms. The summed E-state index contributed by atoms with van der Waals surface area (Å²) >= 11 is 71.6. The number of nitrogens with zero attached hydrogens (tertiary/aromatic N) is 11. The molecule has 22 rings (SSSR count). The molecule has 0 spiro atoms. The number of carbonyl (C=O) groups is 1. The van der Waals surface area contributed by atoms with E-state index in [2.05, 4.69) is 103 Å². The summed E-state index contributed by atoms with van der Waals surface area (Å²) in [6.45, 7) is 21.5. The Morgan fingerprint density at radius 2 is 0.674 bits per heavy atom. The molecule has 6 aliphatic heterocycles. The number of anilines is 5. The van der Waals surface area contributed by atoms with Gasteiger partial charge in [-0.15, -0.1) is 56.7 Å². The van der Waals surface area contributed by atoms with Crippen molar-refractivity contribution in [2.24, 2.45) is 0 Å². The van der Waals surface area contributed by atoms with Gasteiger partial charge >= 0.3 is 0 Å². The lowest BCUT2D eigenvalue weighted by molar-refractivity contribution is 0.00212. The minimum atomic E-state index is -0.208. The molecule has 0 unspecified atom stereocenters. The summed E-state index contributed by atoms with van der Waals surface area (Å²) < 4.78 is 38.6. The van der Waals surface area contributed by atoms with Gasteiger partial charge in [-0.1, -0.05) is 142 Å². The lowest BCUT2D eigenvalue weighted by atomic mass is 9.93. The predicted octanol–water partition coefficient (Wildman–Crippen LogP) is 22.1. The van der Waals surface area contributed by atoms with Crippen molar-refractivity contribution in [1.82, 2.24) is 76.0 Å². The van der Waals surface area contributed by atoms with Gasteiger partial charge < -0.3 is 88.0 Å². The van der Waals surface area contributed by atoms with Gasteiger partial charge in [0, 0.05) is 178 Å². The van der Waals surface area contributed by atoms with Crippen molar-refractivity contribution in [3.63, 3.8) is 0 Å². The zero-order valence-corrected chi connectivity index (χ0v) is 83.8. The van der Waals surface area contributed by atoms with Crippen molar-refractivity contribution in [3.05, 3.63) is 189 Å². The Kier molecular flexibility index (Phi) is 28.0. The van der Waals surface area contributed by atoms with Crippen molar-refractivity contribution in [2.75, 3.05) is 116 Å². The number of halogens is 10. The van der Waals surface area contributed by atoms with E-state index in [-0.39, 0.29) is 35.6 Å². The summed E-state index contributed by atoms with van der Waals surface area (Å²) in [5, 5.41) is 22.0. The van der Waals surface area contributed by atoms with E-state index in [1.54, 1.807) is 54.8 Å². The van der Waals surface area contributed by atoms with Gasteiger partial charge in [0.05, 0.1) is 162 Å². The highest BCUT2D eigenvalue weighted by molar-refractivity contribution is 7.21. The third-order valence-electron chi connectivity index (χ3n) is 23.0. The number of rotatable bonds is 19. The predicted molar refractivity (Wildman–Crippen MR) is 554 cm³/mol. The number of nitrogen functional groups attached to an aromatic ring is 5. The first-order valence-corrected chi connectivity index (χ1v) is 49.8. The molecule has 0 atom stereocenters. The van der Waals surface area contributed by atoms with Gasteiger partial charge in [-0.2, -0.15) is 0 Å². The largest absolute Gasteiger partial charge is 0.491 e. The van der Waals surface area contributed by atoms with Crippen LogP contribution in [0.25, 0.3) is 130 Å². The molecule has 1 saturated carbocycles. The van der Waals surface area contributed by atoms with Crippen LogP contribution in [0.4, 0.5) is 29.7 Å². The van der Waals surface area contributed by atoms with Gasteiger partial charge in [-0.3, -0.25) is 4.79 Å². The standard InChI is InChI=1S/C20H18Cl2N4OS.C19H16Cl2N4O2S.C18H16Cl2N4O3S.C18H16Cl2N4OS.C17H14Cl2N4OS/c1-9(24-10-3-2-4-10)15-7-12-17(25-20(23)26-19(12)28-15)16-11-5-6-27-18(11)14(22)8-13(16)21;1-8(23-9-6-26-7-9)14-4-11-16(24-19(22)25-18(11)28-14)15-10-2-3-27-17(10)13(21)5-12(15)20;1-26-5-3-22-16(25)12-6-9-14(23-18(21)24-17(9)28-12)13-8-2-4-27-15(8)11(20)7-10(13)19;1-8(24(2)3)13-6-10-15(22-18(21)23-17(10)26-13)14-9-4-5-25-16(9)12(20)7-11(14)19;1-7(21-2)12-5-9-14(22-17(20)23-16(9)25-12)13-8-3-4-24-15(8)11(19)6-10(13)18/h7-8,10,24H,1-6H2,(H2,23,25,26);4-5,9,23H,1-3,6-7H2,(H2,22,24,25);6-7H,2-5H2,1H3,(H,22,25)(H2,21,23,24);6-7H,1,4-5H2,2-3H3,(H2,21,22,23);5-6,21H,1,3-4H2,2H3,(H2,20,22,23). The number of amides is 1. The highest BCUT2D eigenvalue weighted by Crippen LogP contribution is 2.54. The zero-order chi connectivity index (χ0) is 95.0. The molecule has 15 aromatic rings. The van der Waals surface area contributed by atoms with E-state index in [4.69, 9.17) is 178 Å². The number of carbonyl (C=O) groups excluding carboxylic acids is 1. The normalized spacial score (nSPS) is 14.1. The molecular formula is C92H80Cl10N20O8S5. The molecule has 1 saturated heterocycles. The lowest BCUT2D eigenvalue weighted by Crippen LogP contribution is -2.44. The molecule has 10 aromatic heterocycles. The number of thiophene rings is 5. The van der Waals surface area contributed by atoms with Crippen LogP contribution in [0, 0.1) is 0 Å². The quantitative estimate of drug-likeness (QED) is 0.0340. The molecule has 16 heterocycles. The average molecular weight is 2110 g/mol. The molecule has 7 aliphatic rings. The Balaban J connectivity index is 0.000000113. The Morgan fingerprint density at radius 1 is 0.400 bits per heavy atom. The van der Waals surface area contributed by atoms with Crippen LogP contribution in [0.1, 0.15) is 76.3 Å². The van der Waals surface area contributed by atoms with Gasteiger partial charge in [0.15, 0.2) is 0 Å². The number of aromatic nitrogens is 10. The first kappa shape index (κ1) is 95.1. The van der Waals surface area contributed by atoms with Crippen molar-refractivity contribution in [2.45, 2.75) is 63.5 Å². The van der Waals surface area contributed by atoms with Crippen LogP contribution in [0.15, 0.2) is 87.0 Å². The fourth-order valence-electron chi connectivity index (χ4n) is 16.3. The summed E-state index contributed by atoms with van der Waals surface area (Å²) in [5.74, 6) is 4.00. The van der Waals surface area contributed by atoms with Gasteiger partial charge in [0.2, 0.25) is 29.7 Å². The maximum Gasteiger partial charge on any atom is 0.261 e. The number of hydrogen-bond donors (Lipinski definition) is 9. The van der Waals surface area contributed by atoms with Gasteiger partial charge in [0.1, 0.15) is 52.9 Å². The minimum Gasteiger partial charge on any atom is -0.491 e. The Bertz CT molecular complexity index is 7250. The molecule has 696 valence electrons. The highest BCUT2D eigenvalue weighted by atomic mass is 35.5. The third kappa shape index (κ3) is 19.0.